The Balaban J connectivity index is 2.56. The van der Waals surface area contributed by atoms with E-state index in [1.54, 1.807) is 12.1 Å². The first-order chi connectivity index (χ1) is 8.52. The molecule has 1 amide bonds. The lowest BCUT2D eigenvalue weighted by molar-refractivity contribution is -0.120. The molecule has 0 aliphatic heterocycles. The van der Waals surface area contributed by atoms with Gasteiger partial charge in [0.05, 0.1) is 17.7 Å². The molecule has 0 saturated heterocycles. The summed E-state index contributed by atoms with van der Waals surface area (Å²) in [6.07, 6.45) is 0.728. The lowest BCUT2D eigenvalue weighted by atomic mass is 10.0. The minimum atomic E-state index is -0.322. The number of hydrogen-bond donors (Lipinski definition) is 2. The van der Waals surface area contributed by atoms with Crippen molar-refractivity contribution in [2.24, 2.45) is 11.7 Å². The predicted octanol–water partition coefficient (Wildman–Crippen LogP) is 1.55. The van der Waals surface area contributed by atoms with Gasteiger partial charge in [0.1, 0.15) is 0 Å². The lowest BCUT2D eigenvalue weighted by Gasteiger charge is -2.17. The molecule has 0 aromatic heterocycles. The van der Waals surface area contributed by atoms with Crippen molar-refractivity contribution in [2.45, 2.75) is 32.9 Å². The second kappa shape index (κ2) is 6.77. The zero-order valence-corrected chi connectivity index (χ0v) is 10.8. The summed E-state index contributed by atoms with van der Waals surface area (Å²) in [7, 11) is 0. The van der Waals surface area contributed by atoms with Crippen LogP contribution in [0.2, 0.25) is 0 Å². The van der Waals surface area contributed by atoms with Crippen molar-refractivity contribution >= 4 is 5.91 Å². The second-order valence-corrected chi connectivity index (χ2v) is 4.77. The van der Waals surface area contributed by atoms with Gasteiger partial charge in [0.15, 0.2) is 0 Å². The van der Waals surface area contributed by atoms with Crippen LogP contribution in [-0.2, 0) is 11.3 Å². The number of carbonyl (C=O) groups is 1. The van der Waals surface area contributed by atoms with E-state index in [9.17, 15) is 4.79 Å². The van der Waals surface area contributed by atoms with Crippen LogP contribution in [0.1, 0.15) is 31.4 Å². The van der Waals surface area contributed by atoms with E-state index in [1.165, 1.54) is 0 Å². The zero-order valence-electron chi connectivity index (χ0n) is 10.8. The number of rotatable bonds is 6. The SMILES string of the molecule is CC(C)CC(NCc1ccc(C#N)cc1)C(N)=O. The van der Waals surface area contributed by atoms with E-state index in [4.69, 9.17) is 11.0 Å². The van der Waals surface area contributed by atoms with Crippen LogP contribution in [0.5, 0.6) is 0 Å². The molecule has 0 spiro atoms. The van der Waals surface area contributed by atoms with Crippen molar-refractivity contribution < 1.29 is 4.79 Å². The first-order valence-corrected chi connectivity index (χ1v) is 6.04. The molecule has 3 N–H and O–H groups in total. The van der Waals surface area contributed by atoms with Gasteiger partial charge in [-0.25, -0.2) is 0 Å². The van der Waals surface area contributed by atoms with Crippen LogP contribution in [0, 0.1) is 17.2 Å². The van der Waals surface area contributed by atoms with Gasteiger partial charge in [-0.05, 0) is 30.0 Å². The molecule has 1 aromatic rings. The van der Waals surface area contributed by atoms with E-state index < -0.39 is 0 Å². The molecule has 1 rings (SSSR count). The third-order valence-corrected chi connectivity index (χ3v) is 2.69. The molecule has 0 aliphatic rings. The summed E-state index contributed by atoms with van der Waals surface area (Å²) in [5, 5.41) is 11.8. The molecular formula is C14H19N3O. The summed E-state index contributed by atoms with van der Waals surface area (Å²) in [6.45, 7) is 4.69. The molecule has 18 heavy (non-hydrogen) atoms. The molecule has 4 nitrogen and oxygen atoms in total. The number of nitrogens with zero attached hydrogens (tertiary/aromatic N) is 1. The van der Waals surface area contributed by atoms with Gasteiger partial charge in [-0.2, -0.15) is 5.26 Å². The molecule has 0 radical (unpaired) electrons. The van der Waals surface area contributed by atoms with Crippen molar-refractivity contribution in [1.82, 2.24) is 5.32 Å². The van der Waals surface area contributed by atoms with E-state index in [0.717, 1.165) is 12.0 Å². The Morgan fingerprint density at radius 1 is 1.39 bits per heavy atom. The number of carbonyl (C=O) groups excluding carboxylic acids is 1. The molecule has 0 fully saturated rings. The smallest absolute Gasteiger partial charge is 0.234 e. The lowest BCUT2D eigenvalue weighted by Crippen LogP contribution is -2.41. The number of amides is 1. The Hall–Kier alpha value is -1.86. The third-order valence-electron chi connectivity index (χ3n) is 2.69. The maximum Gasteiger partial charge on any atom is 0.234 e. The zero-order chi connectivity index (χ0) is 13.5. The molecule has 1 atom stereocenters. The van der Waals surface area contributed by atoms with E-state index >= 15 is 0 Å². The van der Waals surface area contributed by atoms with Crippen molar-refractivity contribution in [3.63, 3.8) is 0 Å². The maximum atomic E-state index is 11.3. The van der Waals surface area contributed by atoms with E-state index in [2.05, 4.69) is 25.2 Å². The van der Waals surface area contributed by atoms with Gasteiger partial charge in [0.25, 0.3) is 0 Å². The number of nitriles is 1. The van der Waals surface area contributed by atoms with Crippen LogP contribution >= 0.6 is 0 Å². The summed E-state index contributed by atoms with van der Waals surface area (Å²) in [5.41, 5.74) is 7.01. The molecule has 0 bridgehead atoms. The Morgan fingerprint density at radius 3 is 2.44 bits per heavy atom. The average molecular weight is 245 g/mol. The fourth-order valence-electron chi connectivity index (χ4n) is 1.71. The number of primary amides is 1. The Bertz CT molecular complexity index is 431. The van der Waals surface area contributed by atoms with Gasteiger partial charge in [-0.3, -0.25) is 4.79 Å². The number of nitrogens with one attached hydrogen (secondary N) is 1. The van der Waals surface area contributed by atoms with Crippen molar-refractivity contribution in [3.05, 3.63) is 35.4 Å². The van der Waals surface area contributed by atoms with Crippen LogP contribution in [0.15, 0.2) is 24.3 Å². The minimum Gasteiger partial charge on any atom is -0.368 e. The fourth-order valence-corrected chi connectivity index (χ4v) is 1.71. The molecular weight excluding hydrogens is 226 g/mol. The number of nitrogens with two attached hydrogens (primary N) is 1. The highest BCUT2D eigenvalue weighted by molar-refractivity contribution is 5.79. The van der Waals surface area contributed by atoms with Gasteiger partial charge in [0.2, 0.25) is 5.91 Å². The van der Waals surface area contributed by atoms with Crippen molar-refractivity contribution in [3.8, 4) is 6.07 Å². The number of hydrogen-bond acceptors (Lipinski definition) is 3. The summed E-state index contributed by atoms with van der Waals surface area (Å²) >= 11 is 0. The van der Waals surface area contributed by atoms with E-state index in [1.807, 2.05) is 12.1 Å². The fraction of sp³-hybridized carbons (Fsp3) is 0.429. The quantitative estimate of drug-likeness (QED) is 0.798. The average Bonchev–Trinajstić information content (AvgIpc) is 2.34. The van der Waals surface area contributed by atoms with E-state index in [0.29, 0.717) is 18.0 Å². The summed E-state index contributed by atoms with van der Waals surface area (Å²) < 4.78 is 0. The van der Waals surface area contributed by atoms with Crippen LogP contribution in [0.4, 0.5) is 0 Å². The molecule has 0 aliphatic carbocycles. The van der Waals surface area contributed by atoms with E-state index in [-0.39, 0.29) is 11.9 Å². The topological polar surface area (TPSA) is 78.9 Å². The molecule has 4 heteroatoms. The largest absolute Gasteiger partial charge is 0.368 e. The molecule has 0 saturated carbocycles. The van der Waals surface area contributed by atoms with Gasteiger partial charge < -0.3 is 11.1 Å². The maximum absolute atomic E-state index is 11.3. The minimum absolute atomic E-state index is 0.305. The van der Waals surface area contributed by atoms with Crippen LogP contribution in [0.3, 0.4) is 0 Å². The summed E-state index contributed by atoms with van der Waals surface area (Å²) in [4.78, 5) is 11.3. The first kappa shape index (κ1) is 14.2. The summed E-state index contributed by atoms with van der Waals surface area (Å²) in [6, 6.07) is 9.04. The molecule has 96 valence electrons. The van der Waals surface area contributed by atoms with Crippen LogP contribution < -0.4 is 11.1 Å². The van der Waals surface area contributed by atoms with Crippen molar-refractivity contribution in [2.75, 3.05) is 0 Å². The van der Waals surface area contributed by atoms with Crippen LogP contribution in [-0.4, -0.2) is 11.9 Å². The van der Waals surface area contributed by atoms with Gasteiger partial charge in [-0.1, -0.05) is 26.0 Å². The molecule has 1 unspecified atom stereocenters. The highest BCUT2D eigenvalue weighted by Crippen LogP contribution is 2.07. The molecule has 1 aromatic carbocycles. The van der Waals surface area contributed by atoms with Crippen LogP contribution in [0.25, 0.3) is 0 Å². The normalized spacial score (nSPS) is 12.1. The van der Waals surface area contributed by atoms with Gasteiger partial charge in [-0.15, -0.1) is 0 Å². The summed E-state index contributed by atoms with van der Waals surface area (Å²) in [5.74, 6) is 0.0910. The predicted molar refractivity (Wildman–Crippen MR) is 70.4 cm³/mol. The third kappa shape index (κ3) is 4.56. The number of benzene rings is 1. The highest BCUT2D eigenvalue weighted by Gasteiger charge is 2.15. The highest BCUT2D eigenvalue weighted by atomic mass is 16.1. The van der Waals surface area contributed by atoms with Gasteiger partial charge in [0, 0.05) is 6.54 Å². The van der Waals surface area contributed by atoms with Crippen molar-refractivity contribution in [1.29, 1.82) is 5.26 Å². The Morgan fingerprint density at radius 2 is 2.00 bits per heavy atom. The Labute approximate surface area is 108 Å². The van der Waals surface area contributed by atoms with Gasteiger partial charge >= 0.3 is 0 Å². The monoisotopic (exact) mass is 245 g/mol. The second-order valence-electron chi connectivity index (χ2n) is 4.77. The molecule has 0 heterocycles. The standard InChI is InChI=1S/C14H19N3O/c1-10(2)7-13(14(16)18)17-9-12-5-3-11(8-15)4-6-12/h3-6,10,13,17H,7,9H2,1-2H3,(H2,16,18). The Kier molecular flexibility index (Phi) is 5.34. The first-order valence-electron chi connectivity index (χ1n) is 6.04.